The monoisotopic (exact) mass is 302 g/mol. The molecule has 0 radical (unpaired) electrons. The number of carbonyl (C=O) groups is 1. The van der Waals surface area contributed by atoms with E-state index in [0.717, 1.165) is 17.7 Å². The lowest BCUT2D eigenvalue weighted by Crippen LogP contribution is -1.93. The van der Waals surface area contributed by atoms with E-state index in [1.165, 1.54) is 27.1 Å². The Hall–Kier alpha value is -1.32. The van der Waals surface area contributed by atoms with E-state index >= 15 is 0 Å². The number of thioether (sulfide) groups is 1. The van der Waals surface area contributed by atoms with Gasteiger partial charge in [0, 0.05) is 15.5 Å². The molecule has 0 atom stereocenters. The maximum atomic E-state index is 11.8. The van der Waals surface area contributed by atoms with E-state index in [-0.39, 0.29) is 5.12 Å². The van der Waals surface area contributed by atoms with E-state index in [0.29, 0.717) is 0 Å². The molecule has 3 heteroatoms. The van der Waals surface area contributed by atoms with Crippen molar-refractivity contribution in [2.24, 2.45) is 0 Å². The molecule has 0 aliphatic carbocycles. The molecule has 0 spiro atoms. The van der Waals surface area contributed by atoms with Crippen molar-refractivity contribution < 1.29 is 4.79 Å². The first-order valence-electron chi connectivity index (χ1n) is 6.61. The number of benzene rings is 1. The summed E-state index contributed by atoms with van der Waals surface area (Å²) < 4.78 is 0. The van der Waals surface area contributed by atoms with E-state index in [1.54, 1.807) is 6.08 Å². The van der Waals surface area contributed by atoms with Crippen molar-refractivity contribution in [3.8, 4) is 0 Å². The quantitative estimate of drug-likeness (QED) is 0.732. The number of carbonyl (C=O) groups excluding carboxylic acids is 1. The molecule has 1 aromatic carbocycles. The highest BCUT2D eigenvalue weighted by Gasteiger charge is 2.04. The van der Waals surface area contributed by atoms with Gasteiger partial charge in [0.1, 0.15) is 0 Å². The van der Waals surface area contributed by atoms with Gasteiger partial charge in [0.05, 0.1) is 0 Å². The Balaban J connectivity index is 1.78. The second-order valence-corrected chi connectivity index (χ2v) is 7.16. The van der Waals surface area contributed by atoms with Crippen molar-refractivity contribution in [3.63, 3.8) is 0 Å². The molecule has 0 aliphatic rings. The number of aryl methyl sites for hydroxylation is 3. The first kappa shape index (κ1) is 15.1. The molecule has 1 aromatic heterocycles. The molecule has 1 nitrogen and oxygen atoms in total. The predicted octanol–water partition coefficient (Wildman–Crippen LogP) is 4.88. The highest BCUT2D eigenvalue weighted by molar-refractivity contribution is 8.14. The molecular formula is C17H18OS2. The molecule has 0 saturated carbocycles. The van der Waals surface area contributed by atoms with Crippen LogP contribution >= 0.6 is 23.1 Å². The molecule has 0 unspecified atom stereocenters. The maximum absolute atomic E-state index is 11.8. The first-order valence-corrected chi connectivity index (χ1v) is 8.41. The summed E-state index contributed by atoms with van der Waals surface area (Å²) in [7, 11) is 0. The lowest BCUT2D eigenvalue weighted by molar-refractivity contribution is -0.106. The molecule has 0 fully saturated rings. The maximum Gasteiger partial charge on any atom is 0.212 e. The van der Waals surface area contributed by atoms with Crippen molar-refractivity contribution in [3.05, 3.63) is 63.4 Å². The molecule has 0 bridgehead atoms. The molecule has 2 aromatic rings. The third-order valence-electron chi connectivity index (χ3n) is 2.97. The number of hydrogen-bond donors (Lipinski definition) is 0. The van der Waals surface area contributed by atoms with Gasteiger partial charge in [0.2, 0.25) is 5.12 Å². The van der Waals surface area contributed by atoms with Crippen molar-refractivity contribution in [1.29, 1.82) is 0 Å². The summed E-state index contributed by atoms with van der Waals surface area (Å²) >= 11 is 3.21. The Labute approximate surface area is 128 Å². The van der Waals surface area contributed by atoms with Crippen molar-refractivity contribution in [1.82, 2.24) is 0 Å². The molecule has 2 rings (SSSR count). The fourth-order valence-electron chi connectivity index (χ4n) is 1.97. The summed E-state index contributed by atoms with van der Waals surface area (Å²) in [6.45, 7) is 4.27. The normalized spacial score (nSPS) is 11.1. The van der Waals surface area contributed by atoms with Crippen LogP contribution in [0.5, 0.6) is 0 Å². The second kappa shape index (κ2) is 7.46. The van der Waals surface area contributed by atoms with Gasteiger partial charge >= 0.3 is 0 Å². The zero-order valence-electron chi connectivity index (χ0n) is 11.8. The Morgan fingerprint density at radius 3 is 2.65 bits per heavy atom. The minimum Gasteiger partial charge on any atom is -0.282 e. The molecular weight excluding hydrogens is 284 g/mol. The van der Waals surface area contributed by atoms with Crippen molar-refractivity contribution in [2.75, 3.05) is 5.75 Å². The Kier molecular flexibility index (Phi) is 5.62. The standard InChI is InChI=1S/C17H18OS2/c1-13-12-16(14(2)20-13)10-11-19-17(18)9-8-15-6-4-3-5-7-15/h3-9,12H,10-11H2,1-2H3/b9-8+. The van der Waals surface area contributed by atoms with Crippen LogP contribution in [0.25, 0.3) is 6.08 Å². The van der Waals surface area contributed by atoms with Crippen LogP contribution in [-0.2, 0) is 11.2 Å². The average Bonchev–Trinajstić information content (AvgIpc) is 2.76. The lowest BCUT2D eigenvalue weighted by Gasteiger charge is -1.98. The van der Waals surface area contributed by atoms with E-state index in [1.807, 2.05) is 47.7 Å². The Morgan fingerprint density at radius 1 is 1.25 bits per heavy atom. The average molecular weight is 302 g/mol. The Bertz CT molecular complexity index is 597. The SMILES string of the molecule is Cc1cc(CCSC(=O)/C=C/c2ccccc2)c(C)s1. The van der Waals surface area contributed by atoms with E-state index in [9.17, 15) is 4.79 Å². The fraction of sp³-hybridized carbons (Fsp3) is 0.235. The molecule has 20 heavy (non-hydrogen) atoms. The predicted molar refractivity (Wildman–Crippen MR) is 90.4 cm³/mol. The number of hydrogen-bond acceptors (Lipinski definition) is 3. The summed E-state index contributed by atoms with van der Waals surface area (Å²) in [5.41, 5.74) is 2.44. The third-order valence-corrected chi connectivity index (χ3v) is 4.81. The van der Waals surface area contributed by atoms with Gasteiger partial charge in [-0.2, -0.15) is 0 Å². The second-order valence-electron chi connectivity index (χ2n) is 4.60. The summed E-state index contributed by atoms with van der Waals surface area (Å²) in [6.07, 6.45) is 4.49. The largest absolute Gasteiger partial charge is 0.282 e. The van der Waals surface area contributed by atoms with Crippen LogP contribution in [0.1, 0.15) is 20.9 Å². The summed E-state index contributed by atoms with van der Waals surface area (Å²) in [5.74, 6) is 0.842. The van der Waals surface area contributed by atoms with Crippen LogP contribution in [0.4, 0.5) is 0 Å². The molecule has 0 amide bonds. The summed E-state index contributed by atoms with van der Waals surface area (Å²) in [6, 6.07) is 12.1. The summed E-state index contributed by atoms with van der Waals surface area (Å²) in [5, 5.41) is 0.124. The molecule has 0 N–H and O–H groups in total. The molecule has 104 valence electrons. The smallest absolute Gasteiger partial charge is 0.212 e. The van der Waals surface area contributed by atoms with Crippen LogP contribution in [0.2, 0.25) is 0 Å². The van der Waals surface area contributed by atoms with Gasteiger partial charge in [-0.05, 0) is 43.5 Å². The van der Waals surface area contributed by atoms with Gasteiger partial charge in [-0.15, -0.1) is 11.3 Å². The van der Waals surface area contributed by atoms with Gasteiger partial charge in [-0.3, -0.25) is 4.79 Å². The van der Waals surface area contributed by atoms with Gasteiger partial charge in [0.25, 0.3) is 0 Å². The highest BCUT2D eigenvalue weighted by atomic mass is 32.2. The lowest BCUT2D eigenvalue weighted by atomic mass is 10.2. The van der Waals surface area contributed by atoms with Crippen LogP contribution in [0.3, 0.4) is 0 Å². The Morgan fingerprint density at radius 2 is 2.00 bits per heavy atom. The zero-order valence-corrected chi connectivity index (χ0v) is 13.4. The number of thiophene rings is 1. The van der Waals surface area contributed by atoms with Crippen LogP contribution in [0.15, 0.2) is 42.5 Å². The minimum atomic E-state index is 0.124. The molecule has 1 heterocycles. The summed E-state index contributed by atoms with van der Waals surface area (Å²) in [4.78, 5) is 14.5. The molecule has 0 aliphatic heterocycles. The first-order chi connectivity index (χ1) is 9.65. The van der Waals surface area contributed by atoms with Gasteiger partial charge in [0.15, 0.2) is 0 Å². The van der Waals surface area contributed by atoms with E-state index in [2.05, 4.69) is 19.9 Å². The highest BCUT2D eigenvalue weighted by Crippen LogP contribution is 2.22. The number of rotatable bonds is 5. The topological polar surface area (TPSA) is 17.1 Å². The van der Waals surface area contributed by atoms with Crippen molar-refractivity contribution >= 4 is 34.3 Å². The van der Waals surface area contributed by atoms with E-state index in [4.69, 9.17) is 0 Å². The van der Waals surface area contributed by atoms with Crippen molar-refractivity contribution in [2.45, 2.75) is 20.3 Å². The van der Waals surface area contributed by atoms with Crippen LogP contribution < -0.4 is 0 Å². The molecule has 0 saturated heterocycles. The minimum absolute atomic E-state index is 0.124. The zero-order chi connectivity index (χ0) is 14.4. The van der Waals surface area contributed by atoms with E-state index < -0.39 is 0 Å². The van der Waals surface area contributed by atoms with Crippen LogP contribution in [0, 0.1) is 13.8 Å². The van der Waals surface area contributed by atoms with Gasteiger partial charge in [-0.1, -0.05) is 48.2 Å². The van der Waals surface area contributed by atoms with Gasteiger partial charge in [-0.25, -0.2) is 0 Å². The fourth-order valence-corrected chi connectivity index (χ4v) is 3.63. The van der Waals surface area contributed by atoms with Gasteiger partial charge < -0.3 is 0 Å². The third kappa shape index (κ3) is 4.66. The van der Waals surface area contributed by atoms with Crippen LogP contribution in [-0.4, -0.2) is 10.9 Å².